The van der Waals surface area contributed by atoms with Crippen molar-refractivity contribution in [3.05, 3.63) is 41.2 Å². The van der Waals surface area contributed by atoms with Gasteiger partial charge in [-0.05, 0) is 24.6 Å². The van der Waals surface area contributed by atoms with Gasteiger partial charge >= 0.3 is 0 Å². The molecule has 0 atom stereocenters. The Kier molecular flexibility index (Phi) is 3.84. The summed E-state index contributed by atoms with van der Waals surface area (Å²) in [6.45, 7) is 2.76. The fourth-order valence-electron chi connectivity index (χ4n) is 1.82. The zero-order valence-corrected chi connectivity index (χ0v) is 12.4. The Hall–Kier alpha value is -1.66. The molecule has 0 amide bonds. The van der Waals surface area contributed by atoms with E-state index in [1.54, 1.807) is 22.8 Å². The molecule has 0 bridgehead atoms. The van der Waals surface area contributed by atoms with Gasteiger partial charge in [0, 0.05) is 17.3 Å². The van der Waals surface area contributed by atoms with E-state index in [4.69, 9.17) is 11.6 Å². The predicted octanol–water partition coefficient (Wildman–Crippen LogP) is 3.19. The summed E-state index contributed by atoms with van der Waals surface area (Å²) in [5.74, 6) is 0.808. The van der Waals surface area contributed by atoms with Gasteiger partial charge in [-0.2, -0.15) is 0 Å². The van der Waals surface area contributed by atoms with Gasteiger partial charge in [0.1, 0.15) is 11.4 Å². The van der Waals surface area contributed by atoms with E-state index in [2.05, 4.69) is 20.3 Å². The second-order valence-corrected chi connectivity index (χ2v) is 5.57. The quantitative estimate of drug-likeness (QED) is 0.547. The van der Waals surface area contributed by atoms with E-state index in [9.17, 15) is 0 Å². The number of benzene rings is 1. The lowest BCUT2D eigenvalue weighted by molar-refractivity contribution is 0.641. The topological polar surface area (TPSA) is 56.5 Å². The maximum absolute atomic E-state index is 5.88. The number of nitrogens with zero attached hydrogens (tertiary/aromatic N) is 5. The monoisotopic (exact) mass is 305 g/mol. The van der Waals surface area contributed by atoms with Crippen molar-refractivity contribution in [2.24, 2.45) is 0 Å². The summed E-state index contributed by atoms with van der Waals surface area (Å²) in [6, 6.07) is 7.80. The first-order chi connectivity index (χ1) is 9.78. The Morgan fingerprint density at radius 1 is 1.20 bits per heavy atom. The molecular formula is C13H12ClN5S. The first kappa shape index (κ1) is 13.3. The normalized spacial score (nSPS) is 11.1. The standard InChI is InChI=1S/C13H12ClN5S/c1-2-19-12-11(17-18-19)13(16-8-15-12)20-7-9-3-5-10(14)6-4-9/h3-6,8H,2,7H2,1H3. The highest BCUT2D eigenvalue weighted by Gasteiger charge is 2.11. The van der Waals surface area contributed by atoms with Crippen LogP contribution in [0.15, 0.2) is 35.6 Å². The van der Waals surface area contributed by atoms with Crippen LogP contribution in [0.4, 0.5) is 0 Å². The van der Waals surface area contributed by atoms with Gasteiger partial charge in [0.25, 0.3) is 0 Å². The minimum absolute atomic E-state index is 0.745. The Morgan fingerprint density at radius 3 is 2.75 bits per heavy atom. The van der Waals surface area contributed by atoms with Gasteiger partial charge in [0.05, 0.1) is 0 Å². The van der Waals surface area contributed by atoms with E-state index in [1.165, 1.54) is 5.56 Å². The molecule has 5 nitrogen and oxygen atoms in total. The highest BCUT2D eigenvalue weighted by Crippen LogP contribution is 2.26. The van der Waals surface area contributed by atoms with Crippen LogP contribution in [0.2, 0.25) is 5.02 Å². The van der Waals surface area contributed by atoms with Gasteiger partial charge in [-0.1, -0.05) is 40.7 Å². The lowest BCUT2D eigenvalue weighted by Gasteiger charge is -2.02. The third-order valence-corrected chi connectivity index (χ3v) is 4.16. The number of fused-ring (bicyclic) bond motifs is 1. The second kappa shape index (κ2) is 5.76. The number of aromatic nitrogens is 5. The molecular weight excluding hydrogens is 294 g/mol. The van der Waals surface area contributed by atoms with Crippen LogP contribution in [0.3, 0.4) is 0 Å². The van der Waals surface area contributed by atoms with Crippen LogP contribution in [-0.2, 0) is 12.3 Å². The molecule has 0 aliphatic carbocycles. The van der Waals surface area contributed by atoms with Crippen LogP contribution in [-0.4, -0.2) is 25.0 Å². The van der Waals surface area contributed by atoms with Gasteiger partial charge in [-0.3, -0.25) is 0 Å². The fraction of sp³-hybridized carbons (Fsp3) is 0.231. The van der Waals surface area contributed by atoms with Crippen molar-refractivity contribution >= 4 is 34.5 Å². The summed E-state index contributed by atoms with van der Waals surface area (Å²) in [5, 5.41) is 9.83. The first-order valence-electron chi connectivity index (χ1n) is 6.19. The summed E-state index contributed by atoms with van der Waals surface area (Å²) >= 11 is 7.50. The number of halogens is 1. The molecule has 0 N–H and O–H groups in total. The zero-order valence-electron chi connectivity index (χ0n) is 10.8. The van der Waals surface area contributed by atoms with E-state index in [-0.39, 0.29) is 0 Å². The van der Waals surface area contributed by atoms with E-state index >= 15 is 0 Å². The Balaban J connectivity index is 1.84. The fourth-order valence-corrected chi connectivity index (χ4v) is 2.83. The third-order valence-electron chi connectivity index (χ3n) is 2.85. The summed E-state index contributed by atoms with van der Waals surface area (Å²) in [6.07, 6.45) is 1.56. The lowest BCUT2D eigenvalue weighted by atomic mass is 10.2. The van der Waals surface area contributed by atoms with Crippen LogP contribution in [0.25, 0.3) is 11.2 Å². The molecule has 0 saturated carbocycles. The summed E-state index contributed by atoms with van der Waals surface area (Å²) < 4.78 is 1.77. The average Bonchev–Trinajstić information content (AvgIpc) is 2.90. The molecule has 1 aromatic carbocycles. The highest BCUT2D eigenvalue weighted by molar-refractivity contribution is 7.98. The van der Waals surface area contributed by atoms with E-state index in [1.807, 2.05) is 31.2 Å². The molecule has 0 saturated heterocycles. The first-order valence-corrected chi connectivity index (χ1v) is 7.55. The maximum atomic E-state index is 5.88. The summed E-state index contributed by atoms with van der Waals surface area (Å²) in [4.78, 5) is 8.53. The maximum Gasteiger partial charge on any atom is 0.182 e. The Labute approximate surface area is 125 Å². The molecule has 0 spiro atoms. The van der Waals surface area contributed by atoms with E-state index < -0.39 is 0 Å². The second-order valence-electron chi connectivity index (χ2n) is 4.17. The Morgan fingerprint density at radius 2 is 2.00 bits per heavy atom. The molecule has 0 fully saturated rings. The molecule has 20 heavy (non-hydrogen) atoms. The minimum Gasteiger partial charge on any atom is -0.227 e. The van der Waals surface area contributed by atoms with Crippen LogP contribution in [0.1, 0.15) is 12.5 Å². The van der Waals surface area contributed by atoms with Gasteiger partial charge in [-0.15, -0.1) is 5.10 Å². The number of hydrogen-bond acceptors (Lipinski definition) is 5. The molecule has 3 aromatic rings. The highest BCUT2D eigenvalue weighted by atomic mass is 35.5. The molecule has 2 aromatic heterocycles. The molecule has 0 radical (unpaired) electrons. The van der Waals surface area contributed by atoms with Gasteiger partial charge in [-0.25, -0.2) is 14.6 Å². The van der Waals surface area contributed by atoms with E-state index in [0.717, 1.165) is 33.5 Å². The molecule has 3 rings (SSSR count). The lowest BCUT2D eigenvalue weighted by Crippen LogP contribution is -1.97. The SMILES string of the molecule is CCn1nnc2c(SCc3ccc(Cl)cc3)ncnc21. The van der Waals surface area contributed by atoms with Gasteiger partial charge < -0.3 is 0 Å². The van der Waals surface area contributed by atoms with Crippen molar-refractivity contribution in [3.8, 4) is 0 Å². The molecule has 0 aliphatic heterocycles. The van der Waals surface area contributed by atoms with Crippen molar-refractivity contribution in [3.63, 3.8) is 0 Å². The number of hydrogen-bond donors (Lipinski definition) is 0. The van der Waals surface area contributed by atoms with Crippen LogP contribution in [0, 0.1) is 0 Å². The number of aryl methyl sites for hydroxylation is 1. The van der Waals surface area contributed by atoms with Crippen LogP contribution < -0.4 is 0 Å². The summed E-state index contributed by atoms with van der Waals surface area (Å²) in [7, 11) is 0. The molecule has 0 unspecified atom stereocenters. The van der Waals surface area contributed by atoms with Crippen molar-refractivity contribution in [1.29, 1.82) is 0 Å². The smallest absolute Gasteiger partial charge is 0.182 e. The average molecular weight is 306 g/mol. The molecule has 7 heteroatoms. The largest absolute Gasteiger partial charge is 0.227 e. The zero-order chi connectivity index (χ0) is 13.9. The van der Waals surface area contributed by atoms with Crippen molar-refractivity contribution < 1.29 is 0 Å². The predicted molar refractivity (Wildman–Crippen MR) is 79.8 cm³/mol. The van der Waals surface area contributed by atoms with Crippen LogP contribution in [0.5, 0.6) is 0 Å². The number of rotatable bonds is 4. The molecule has 102 valence electrons. The molecule has 0 aliphatic rings. The summed E-state index contributed by atoms with van der Waals surface area (Å²) in [5.41, 5.74) is 2.73. The van der Waals surface area contributed by atoms with Crippen molar-refractivity contribution in [2.75, 3.05) is 0 Å². The molecule has 2 heterocycles. The van der Waals surface area contributed by atoms with Crippen LogP contribution >= 0.6 is 23.4 Å². The Bertz CT molecular complexity index is 725. The van der Waals surface area contributed by atoms with Crippen molar-refractivity contribution in [2.45, 2.75) is 24.2 Å². The van der Waals surface area contributed by atoms with E-state index in [0.29, 0.717) is 0 Å². The number of thioether (sulfide) groups is 1. The minimum atomic E-state index is 0.745. The van der Waals surface area contributed by atoms with Crippen molar-refractivity contribution in [1.82, 2.24) is 25.0 Å². The van der Waals surface area contributed by atoms with Gasteiger partial charge in [0.15, 0.2) is 11.2 Å². The van der Waals surface area contributed by atoms with Gasteiger partial charge in [0.2, 0.25) is 0 Å². The third kappa shape index (κ3) is 2.62.